The molecule has 0 saturated carbocycles. The molecule has 0 saturated heterocycles. The largest absolute Gasteiger partial charge is 0.416 e. The molecule has 1 heterocycles. The molecule has 0 aliphatic heterocycles. The first-order valence-electron chi connectivity index (χ1n) is 7.95. The van der Waals surface area contributed by atoms with Crippen molar-refractivity contribution >= 4 is 22.5 Å². The van der Waals surface area contributed by atoms with E-state index in [2.05, 4.69) is 6.58 Å². The molecule has 0 radical (unpaired) electrons. The highest BCUT2D eigenvalue weighted by atomic mass is 19.4. The van der Waals surface area contributed by atoms with Gasteiger partial charge in [0.15, 0.2) is 0 Å². The van der Waals surface area contributed by atoms with Gasteiger partial charge in [-0.25, -0.2) is 0 Å². The topological polar surface area (TPSA) is 25.2 Å². The molecule has 3 aromatic rings. The first-order valence-corrected chi connectivity index (χ1v) is 7.95. The Balaban J connectivity index is 1.91. The molecule has 2 aromatic carbocycles. The molecule has 0 aliphatic rings. The number of anilines is 1. The Morgan fingerprint density at radius 3 is 2.65 bits per heavy atom. The van der Waals surface area contributed by atoms with Gasteiger partial charge in [0.2, 0.25) is 5.91 Å². The number of likely N-dealkylation sites (N-methyl/N-ethyl adjacent to an activating group) is 1. The standard InChI is InChI=1S/C20H17F3N2O/c1-3-19(26)24(2)17-7-8-18-15(12-17)9-10-25(18)13-14-5-4-6-16(11-14)20(21,22)23/h3-12H,1,13H2,2H3. The second-order valence-corrected chi connectivity index (χ2v) is 5.99. The van der Waals surface area contributed by atoms with Gasteiger partial charge in [-0.2, -0.15) is 13.2 Å². The zero-order valence-corrected chi connectivity index (χ0v) is 14.1. The van der Waals surface area contributed by atoms with Crippen LogP contribution in [0.15, 0.2) is 67.4 Å². The van der Waals surface area contributed by atoms with Crippen molar-refractivity contribution < 1.29 is 18.0 Å². The molecule has 0 spiro atoms. The first kappa shape index (κ1) is 17.8. The summed E-state index contributed by atoms with van der Waals surface area (Å²) in [6.07, 6.45) is -1.29. The van der Waals surface area contributed by atoms with Crippen molar-refractivity contribution in [1.29, 1.82) is 0 Å². The average molecular weight is 358 g/mol. The molecule has 0 aliphatic carbocycles. The summed E-state index contributed by atoms with van der Waals surface area (Å²) in [5.74, 6) is -0.215. The normalized spacial score (nSPS) is 11.5. The lowest BCUT2D eigenvalue weighted by atomic mass is 10.1. The number of nitrogens with zero attached hydrogens (tertiary/aromatic N) is 2. The number of aromatic nitrogens is 1. The van der Waals surface area contributed by atoms with E-state index in [1.54, 1.807) is 19.2 Å². The lowest BCUT2D eigenvalue weighted by Crippen LogP contribution is -2.23. The van der Waals surface area contributed by atoms with Crippen molar-refractivity contribution in [1.82, 2.24) is 4.57 Å². The predicted octanol–water partition coefficient (Wildman–Crippen LogP) is 4.86. The minimum atomic E-state index is -4.36. The molecule has 0 bridgehead atoms. The van der Waals surface area contributed by atoms with E-state index >= 15 is 0 Å². The number of carbonyl (C=O) groups excluding carboxylic acids is 1. The molecule has 1 aromatic heterocycles. The number of rotatable bonds is 4. The van der Waals surface area contributed by atoms with Crippen molar-refractivity contribution in [2.24, 2.45) is 0 Å². The van der Waals surface area contributed by atoms with E-state index in [-0.39, 0.29) is 5.91 Å². The average Bonchev–Trinajstić information content (AvgIpc) is 3.02. The Labute approximate surface area is 149 Å². The molecule has 3 nitrogen and oxygen atoms in total. The molecule has 134 valence electrons. The van der Waals surface area contributed by atoms with Crippen LogP contribution in [0.5, 0.6) is 0 Å². The summed E-state index contributed by atoms with van der Waals surface area (Å²) >= 11 is 0. The Hall–Kier alpha value is -3.02. The predicted molar refractivity (Wildman–Crippen MR) is 96.1 cm³/mol. The van der Waals surface area contributed by atoms with Crippen molar-refractivity contribution in [3.63, 3.8) is 0 Å². The lowest BCUT2D eigenvalue weighted by Gasteiger charge is -2.15. The van der Waals surface area contributed by atoms with Gasteiger partial charge in [-0.1, -0.05) is 18.7 Å². The zero-order valence-electron chi connectivity index (χ0n) is 14.1. The summed E-state index contributed by atoms with van der Waals surface area (Å²) < 4.78 is 40.5. The van der Waals surface area contributed by atoms with Crippen LogP contribution in [0.3, 0.4) is 0 Å². The third kappa shape index (κ3) is 3.49. The number of hydrogen-bond acceptors (Lipinski definition) is 1. The van der Waals surface area contributed by atoms with Gasteiger partial charge < -0.3 is 9.47 Å². The smallest absolute Gasteiger partial charge is 0.343 e. The Morgan fingerprint density at radius 2 is 1.96 bits per heavy atom. The van der Waals surface area contributed by atoms with Crippen molar-refractivity contribution in [2.45, 2.75) is 12.7 Å². The number of amides is 1. The van der Waals surface area contributed by atoms with E-state index < -0.39 is 11.7 Å². The van der Waals surface area contributed by atoms with Crippen LogP contribution in [-0.2, 0) is 17.5 Å². The van der Waals surface area contributed by atoms with Gasteiger partial charge in [0, 0.05) is 36.4 Å². The van der Waals surface area contributed by atoms with E-state index in [1.807, 2.05) is 29.0 Å². The lowest BCUT2D eigenvalue weighted by molar-refractivity contribution is -0.137. The number of carbonyl (C=O) groups is 1. The summed E-state index contributed by atoms with van der Waals surface area (Å²) in [5.41, 5.74) is 1.52. The van der Waals surface area contributed by atoms with Crippen LogP contribution >= 0.6 is 0 Å². The van der Waals surface area contributed by atoms with Gasteiger partial charge in [0.1, 0.15) is 0 Å². The zero-order chi connectivity index (χ0) is 18.9. The quantitative estimate of drug-likeness (QED) is 0.612. The monoisotopic (exact) mass is 358 g/mol. The minimum absolute atomic E-state index is 0.215. The number of benzene rings is 2. The maximum absolute atomic E-state index is 12.9. The fourth-order valence-electron chi connectivity index (χ4n) is 2.84. The van der Waals surface area contributed by atoms with Crippen LogP contribution < -0.4 is 4.90 Å². The van der Waals surface area contributed by atoms with Crippen molar-refractivity contribution in [2.75, 3.05) is 11.9 Å². The van der Waals surface area contributed by atoms with Crippen molar-refractivity contribution in [3.05, 3.63) is 78.5 Å². The third-order valence-corrected chi connectivity index (χ3v) is 4.25. The number of hydrogen-bond donors (Lipinski definition) is 0. The third-order valence-electron chi connectivity index (χ3n) is 4.25. The Bertz CT molecular complexity index is 973. The van der Waals surface area contributed by atoms with Gasteiger partial charge >= 0.3 is 6.18 Å². The van der Waals surface area contributed by atoms with E-state index in [4.69, 9.17) is 0 Å². The molecule has 6 heteroatoms. The van der Waals surface area contributed by atoms with Gasteiger partial charge in [-0.3, -0.25) is 4.79 Å². The number of fused-ring (bicyclic) bond motifs is 1. The SMILES string of the molecule is C=CC(=O)N(C)c1ccc2c(ccn2Cc2cccc(C(F)(F)F)c2)c1. The first-order chi connectivity index (χ1) is 12.3. The second-order valence-electron chi connectivity index (χ2n) is 5.99. The fourth-order valence-corrected chi connectivity index (χ4v) is 2.84. The molecule has 0 N–H and O–H groups in total. The molecule has 26 heavy (non-hydrogen) atoms. The Morgan fingerprint density at radius 1 is 1.19 bits per heavy atom. The minimum Gasteiger partial charge on any atom is -0.343 e. The molecule has 0 fully saturated rings. The summed E-state index contributed by atoms with van der Waals surface area (Å²) in [4.78, 5) is 13.2. The highest BCUT2D eigenvalue weighted by Crippen LogP contribution is 2.30. The molecular formula is C20H17F3N2O. The van der Waals surface area contributed by atoms with Crippen LogP contribution in [0.4, 0.5) is 18.9 Å². The fraction of sp³-hybridized carbons (Fsp3) is 0.150. The van der Waals surface area contributed by atoms with Gasteiger partial charge in [-0.05, 0) is 48.0 Å². The summed E-state index contributed by atoms with van der Waals surface area (Å²) in [5, 5.41) is 0.901. The van der Waals surface area contributed by atoms with Crippen LogP contribution in [0.2, 0.25) is 0 Å². The molecule has 1 amide bonds. The van der Waals surface area contributed by atoms with Crippen LogP contribution in [0.1, 0.15) is 11.1 Å². The molecule has 3 rings (SSSR count). The summed E-state index contributed by atoms with van der Waals surface area (Å²) in [7, 11) is 1.66. The number of halogens is 3. The molecular weight excluding hydrogens is 341 g/mol. The van der Waals surface area contributed by atoms with Crippen LogP contribution in [-0.4, -0.2) is 17.5 Å². The summed E-state index contributed by atoms with van der Waals surface area (Å²) in [6.45, 7) is 3.80. The van der Waals surface area contributed by atoms with Gasteiger partial charge in [0.25, 0.3) is 0 Å². The van der Waals surface area contributed by atoms with Gasteiger partial charge in [-0.15, -0.1) is 0 Å². The maximum atomic E-state index is 12.9. The Kier molecular flexibility index (Phi) is 4.59. The van der Waals surface area contributed by atoms with E-state index in [0.717, 1.165) is 28.7 Å². The number of alkyl halides is 3. The highest BCUT2D eigenvalue weighted by molar-refractivity contribution is 6.01. The second kappa shape index (κ2) is 6.71. The molecule has 0 atom stereocenters. The highest BCUT2D eigenvalue weighted by Gasteiger charge is 2.30. The van der Waals surface area contributed by atoms with E-state index in [1.165, 1.54) is 17.0 Å². The van der Waals surface area contributed by atoms with E-state index in [0.29, 0.717) is 12.1 Å². The summed E-state index contributed by atoms with van der Waals surface area (Å²) in [6, 6.07) is 12.7. The van der Waals surface area contributed by atoms with E-state index in [9.17, 15) is 18.0 Å². The molecule has 0 unspecified atom stereocenters. The van der Waals surface area contributed by atoms with Gasteiger partial charge in [0.05, 0.1) is 5.56 Å². The van der Waals surface area contributed by atoms with Crippen LogP contribution in [0.25, 0.3) is 10.9 Å². The van der Waals surface area contributed by atoms with Crippen LogP contribution in [0, 0.1) is 0 Å². The van der Waals surface area contributed by atoms with Crippen molar-refractivity contribution in [3.8, 4) is 0 Å². The maximum Gasteiger partial charge on any atom is 0.416 e.